The minimum atomic E-state index is 0.0880. The Morgan fingerprint density at radius 3 is 2.87 bits per heavy atom. The van der Waals surface area contributed by atoms with Crippen molar-refractivity contribution in [2.24, 2.45) is 0 Å². The summed E-state index contributed by atoms with van der Waals surface area (Å²) in [6.07, 6.45) is 2.73. The molecule has 0 fully saturated rings. The maximum atomic E-state index is 11.4. The van der Waals surface area contributed by atoms with Crippen LogP contribution in [-0.2, 0) is 4.79 Å². The van der Waals surface area contributed by atoms with Crippen molar-refractivity contribution < 1.29 is 4.79 Å². The van der Waals surface area contributed by atoms with E-state index in [2.05, 4.69) is 17.2 Å². The fraction of sp³-hybridized carbons (Fsp3) is 0.600. The molecule has 1 aromatic rings. The van der Waals surface area contributed by atoms with Gasteiger partial charge in [0.2, 0.25) is 5.91 Å². The summed E-state index contributed by atoms with van der Waals surface area (Å²) in [5, 5.41) is 6.21. The average Bonchev–Trinajstić information content (AvgIpc) is 2.71. The van der Waals surface area contributed by atoms with Crippen LogP contribution in [0.1, 0.15) is 24.4 Å². The standard InChI is InChI=1S/C10H17N3OS/c1-4-8(10-11-5-6-15-10)12-7-9(14)13(2)3/h5-6,8,12H,4,7H2,1-3H3. The SMILES string of the molecule is CCC(NCC(=O)N(C)C)c1nccs1. The smallest absolute Gasteiger partial charge is 0.236 e. The molecular formula is C10H17N3OS. The van der Waals surface area contributed by atoms with Crippen molar-refractivity contribution in [2.75, 3.05) is 20.6 Å². The fourth-order valence-corrected chi connectivity index (χ4v) is 1.98. The van der Waals surface area contributed by atoms with E-state index < -0.39 is 0 Å². The van der Waals surface area contributed by atoms with Crippen molar-refractivity contribution in [3.8, 4) is 0 Å². The third-order valence-corrected chi connectivity index (χ3v) is 3.05. The van der Waals surface area contributed by atoms with E-state index in [-0.39, 0.29) is 11.9 Å². The number of likely N-dealkylation sites (N-methyl/N-ethyl adjacent to an activating group) is 1. The molecule has 0 aliphatic carbocycles. The predicted octanol–water partition coefficient (Wildman–Crippen LogP) is 1.27. The Labute approximate surface area is 94.3 Å². The maximum absolute atomic E-state index is 11.4. The number of hydrogen-bond donors (Lipinski definition) is 1. The molecule has 4 nitrogen and oxygen atoms in total. The Balaban J connectivity index is 2.45. The molecule has 0 aliphatic rings. The number of amides is 1. The summed E-state index contributed by atoms with van der Waals surface area (Å²) >= 11 is 1.62. The molecule has 84 valence electrons. The van der Waals surface area contributed by atoms with Crippen molar-refractivity contribution in [3.05, 3.63) is 16.6 Å². The van der Waals surface area contributed by atoms with Crippen molar-refractivity contribution >= 4 is 17.2 Å². The second-order valence-corrected chi connectivity index (χ2v) is 4.43. The molecule has 1 N–H and O–H groups in total. The molecule has 0 aliphatic heterocycles. The molecule has 0 aromatic carbocycles. The first-order valence-electron chi connectivity index (χ1n) is 4.98. The molecule has 1 rings (SSSR count). The number of rotatable bonds is 5. The number of carbonyl (C=O) groups excluding carboxylic acids is 1. The van der Waals surface area contributed by atoms with E-state index in [9.17, 15) is 4.79 Å². The fourth-order valence-electron chi connectivity index (χ4n) is 1.18. The predicted molar refractivity (Wildman–Crippen MR) is 61.8 cm³/mol. The van der Waals surface area contributed by atoms with E-state index in [1.807, 2.05) is 5.38 Å². The van der Waals surface area contributed by atoms with Crippen LogP contribution < -0.4 is 5.32 Å². The molecule has 0 spiro atoms. The van der Waals surface area contributed by atoms with Gasteiger partial charge < -0.3 is 4.90 Å². The highest BCUT2D eigenvalue weighted by molar-refractivity contribution is 7.09. The maximum Gasteiger partial charge on any atom is 0.236 e. The molecule has 1 heterocycles. The van der Waals surface area contributed by atoms with Gasteiger partial charge in [-0.15, -0.1) is 11.3 Å². The van der Waals surface area contributed by atoms with E-state index >= 15 is 0 Å². The normalized spacial score (nSPS) is 12.5. The Hall–Kier alpha value is -0.940. The van der Waals surface area contributed by atoms with Crippen LogP contribution in [-0.4, -0.2) is 36.4 Å². The molecular weight excluding hydrogens is 210 g/mol. The van der Waals surface area contributed by atoms with Gasteiger partial charge in [0.25, 0.3) is 0 Å². The molecule has 0 radical (unpaired) electrons. The van der Waals surface area contributed by atoms with Crippen LogP contribution in [0.25, 0.3) is 0 Å². The molecule has 0 bridgehead atoms. The number of aromatic nitrogens is 1. The zero-order valence-electron chi connectivity index (χ0n) is 9.36. The second kappa shape index (κ2) is 5.82. The first-order chi connectivity index (χ1) is 7.15. The van der Waals surface area contributed by atoms with Crippen LogP contribution >= 0.6 is 11.3 Å². The van der Waals surface area contributed by atoms with Gasteiger partial charge in [0.05, 0.1) is 12.6 Å². The summed E-state index contributed by atoms with van der Waals surface area (Å²) in [5.74, 6) is 0.0880. The lowest BCUT2D eigenvalue weighted by Crippen LogP contribution is -2.34. The van der Waals surface area contributed by atoms with Crippen molar-refractivity contribution in [1.29, 1.82) is 0 Å². The topological polar surface area (TPSA) is 45.2 Å². The molecule has 1 amide bonds. The monoisotopic (exact) mass is 227 g/mol. The van der Waals surface area contributed by atoms with Gasteiger partial charge in [0.1, 0.15) is 5.01 Å². The highest BCUT2D eigenvalue weighted by Gasteiger charge is 2.13. The summed E-state index contributed by atoms with van der Waals surface area (Å²) < 4.78 is 0. The molecule has 1 unspecified atom stereocenters. The van der Waals surface area contributed by atoms with E-state index in [0.717, 1.165) is 11.4 Å². The minimum absolute atomic E-state index is 0.0880. The van der Waals surface area contributed by atoms with Gasteiger partial charge >= 0.3 is 0 Å². The number of nitrogens with zero attached hydrogens (tertiary/aromatic N) is 2. The second-order valence-electron chi connectivity index (χ2n) is 3.50. The van der Waals surface area contributed by atoms with Crippen molar-refractivity contribution in [1.82, 2.24) is 15.2 Å². The zero-order chi connectivity index (χ0) is 11.3. The van der Waals surface area contributed by atoms with Gasteiger partial charge in [-0.3, -0.25) is 10.1 Å². The van der Waals surface area contributed by atoms with Crippen LogP contribution in [0.15, 0.2) is 11.6 Å². The number of carbonyl (C=O) groups is 1. The van der Waals surface area contributed by atoms with Crippen molar-refractivity contribution in [3.63, 3.8) is 0 Å². The third kappa shape index (κ3) is 3.60. The third-order valence-electron chi connectivity index (χ3n) is 2.16. The average molecular weight is 227 g/mol. The molecule has 0 saturated carbocycles. The number of thiazole rings is 1. The Morgan fingerprint density at radius 2 is 2.40 bits per heavy atom. The number of hydrogen-bond acceptors (Lipinski definition) is 4. The number of nitrogens with one attached hydrogen (secondary N) is 1. The van der Waals surface area contributed by atoms with Gasteiger partial charge in [-0.1, -0.05) is 6.92 Å². The summed E-state index contributed by atoms with van der Waals surface area (Å²) in [4.78, 5) is 17.2. The molecule has 1 atom stereocenters. The van der Waals surface area contributed by atoms with Gasteiger partial charge in [-0.25, -0.2) is 4.98 Å². The van der Waals surface area contributed by atoms with Crippen LogP contribution in [0.2, 0.25) is 0 Å². The van der Waals surface area contributed by atoms with Crippen LogP contribution in [0, 0.1) is 0 Å². The quantitative estimate of drug-likeness (QED) is 0.824. The first kappa shape index (κ1) is 12.1. The minimum Gasteiger partial charge on any atom is -0.348 e. The van der Waals surface area contributed by atoms with E-state index in [1.165, 1.54) is 0 Å². The lowest BCUT2D eigenvalue weighted by molar-refractivity contribution is -0.127. The summed E-state index contributed by atoms with van der Waals surface area (Å²) in [6, 6.07) is 0.189. The molecule has 5 heteroatoms. The Kier molecular flexibility index (Phi) is 4.71. The van der Waals surface area contributed by atoms with E-state index in [0.29, 0.717) is 6.54 Å². The van der Waals surface area contributed by atoms with Gasteiger partial charge in [-0.2, -0.15) is 0 Å². The largest absolute Gasteiger partial charge is 0.348 e. The van der Waals surface area contributed by atoms with Crippen molar-refractivity contribution in [2.45, 2.75) is 19.4 Å². The van der Waals surface area contributed by atoms with Crippen LogP contribution in [0.5, 0.6) is 0 Å². The van der Waals surface area contributed by atoms with Gasteiger partial charge in [0, 0.05) is 25.7 Å². The summed E-state index contributed by atoms with van der Waals surface area (Å²) in [5.41, 5.74) is 0. The molecule has 15 heavy (non-hydrogen) atoms. The molecule has 1 aromatic heterocycles. The van der Waals surface area contributed by atoms with Crippen LogP contribution in [0.4, 0.5) is 0 Å². The lowest BCUT2D eigenvalue weighted by Gasteiger charge is -2.16. The summed E-state index contributed by atoms with van der Waals surface area (Å²) in [7, 11) is 3.52. The summed E-state index contributed by atoms with van der Waals surface area (Å²) in [6.45, 7) is 2.45. The Bertz CT molecular complexity index is 298. The van der Waals surface area contributed by atoms with Crippen LogP contribution in [0.3, 0.4) is 0 Å². The van der Waals surface area contributed by atoms with Gasteiger partial charge in [-0.05, 0) is 6.42 Å². The lowest BCUT2D eigenvalue weighted by atomic mass is 10.2. The highest BCUT2D eigenvalue weighted by Crippen LogP contribution is 2.18. The Morgan fingerprint density at radius 1 is 1.67 bits per heavy atom. The first-order valence-corrected chi connectivity index (χ1v) is 5.86. The van der Waals surface area contributed by atoms with E-state index in [4.69, 9.17) is 0 Å². The van der Waals surface area contributed by atoms with E-state index in [1.54, 1.807) is 36.5 Å². The highest BCUT2D eigenvalue weighted by atomic mass is 32.1. The van der Waals surface area contributed by atoms with Gasteiger partial charge in [0.15, 0.2) is 0 Å². The molecule has 0 saturated heterocycles. The zero-order valence-corrected chi connectivity index (χ0v) is 10.2.